The minimum absolute atomic E-state index is 0.0248. The average molecular weight is 747 g/mol. The number of hydrogen-bond donors (Lipinski definition) is 0. The maximum Gasteiger partial charge on any atom is 0.460 e. The number of ether oxygens (including phenoxy) is 2. The third kappa shape index (κ3) is 12.8. The van der Waals surface area contributed by atoms with Crippen molar-refractivity contribution in [2.24, 2.45) is 0 Å². The van der Waals surface area contributed by atoms with Crippen LogP contribution in [0.1, 0.15) is 84.5 Å². The van der Waals surface area contributed by atoms with Crippen molar-refractivity contribution in [3.63, 3.8) is 0 Å². The lowest BCUT2D eigenvalue weighted by Gasteiger charge is -2.37. The van der Waals surface area contributed by atoms with Gasteiger partial charge in [0.15, 0.2) is 11.6 Å². The van der Waals surface area contributed by atoms with E-state index >= 15 is 0 Å². The summed E-state index contributed by atoms with van der Waals surface area (Å²) in [7, 11) is -1.10. The monoisotopic (exact) mass is 746 g/mol. The van der Waals surface area contributed by atoms with Gasteiger partial charge in [0.05, 0.1) is 25.6 Å². The number of rotatable bonds is 23. The van der Waals surface area contributed by atoms with E-state index in [1.54, 1.807) is 36.7 Å². The van der Waals surface area contributed by atoms with Gasteiger partial charge in [0.1, 0.15) is 5.75 Å². The van der Waals surface area contributed by atoms with Crippen LogP contribution in [0, 0.1) is 0 Å². The first-order valence-electron chi connectivity index (χ1n) is 17.0. The van der Waals surface area contributed by atoms with E-state index in [1.807, 2.05) is 0 Å². The Balaban J connectivity index is 1.60. The van der Waals surface area contributed by atoms with Crippen LogP contribution in [0.2, 0.25) is 30.3 Å². The standard InChI is InChI=1S/C34H51F9N2O2Si2/c1-30(2,49(3,4)5)48-23-15-11-7-6-9-13-22-47-28-24-44-29(45-25-28)26-16-18-27(19-17-26)46-21-14-10-8-12-20-31(35,36)32(37,38)33(39,40)34(41,42)43/h16-19,24-25H,6-15,20-23,48H2,1-5H3. The molecule has 4 nitrogen and oxygen atoms in total. The molecule has 0 aliphatic heterocycles. The largest absolute Gasteiger partial charge is 0.494 e. The lowest BCUT2D eigenvalue weighted by Crippen LogP contribution is -2.60. The van der Waals surface area contributed by atoms with E-state index in [0.717, 1.165) is 18.4 Å². The first kappa shape index (κ1) is 42.9. The average Bonchev–Trinajstić information content (AvgIpc) is 3.00. The van der Waals surface area contributed by atoms with Crippen LogP contribution in [-0.2, 0) is 0 Å². The summed E-state index contributed by atoms with van der Waals surface area (Å²) in [6.07, 6.45) is 1.71. The van der Waals surface area contributed by atoms with Crippen LogP contribution in [0.5, 0.6) is 11.5 Å². The molecule has 2 aromatic rings. The fourth-order valence-corrected chi connectivity index (χ4v) is 9.93. The second kappa shape index (κ2) is 18.3. The molecule has 280 valence electrons. The number of unbranched alkanes of at least 4 members (excludes halogenated alkanes) is 8. The lowest BCUT2D eigenvalue weighted by atomic mass is 9.98. The molecule has 0 N–H and O–H groups in total. The number of alkyl halides is 9. The minimum Gasteiger partial charge on any atom is -0.494 e. The van der Waals surface area contributed by atoms with Gasteiger partial charge in [0.25, 0.3) is 0 Å². The Morgan fingerprint density at radius 3 is 1.59 bits per heavy atom. The predicted octanol–water partition coefficient (Wildman–Crippen LogP) is 11.3. The van der Waals surface area contributed by atoms with E-state index in [0.29, 0.717) is 35.0 Å². The zero-order valence-corrected chi connectivity index (χ0v) is 31.6. The number of halogens is 9. The normalized spacial score (nSPS) is 13.8. The minimum atomic E-state index is -6.85. The molecular formula is C34H51F9N2O2Si2. The molecule has 0 unspecified atom stereocenters. The van der Waals surface area contributed by atoms with Gasteiger partial charge in [-0.3, -0.25) is 0 Å². The molecule has 49 heavy (non-hydrogen) atoms. The molecule has 1 aromatic heterocycles. The van der Waals surface area contributed by atoms with Gasteiger partial charge in [0, 0.05) is 29.6 Å². The van der Waals surface area contributed by atoms with E-state index in [2.05, 4.69) is 43.5 Å². The van der Waals surface area contributed by atoms with Gasteiger partial charge in [-0.25, -0.2) is 9.97 Å². The Morgan fingerprint density at radius 2 is 1.08 bits per heavy atom. The van der Waals surface area contributed by atoms with Crippen LogP contribution in [-0.4, -0.2) is 64.7 Å². The van der Waals surface area contributed by atoms with Crippen molar-refractivity contribution < 1.29 is 49.0 Å². The Bertz CT molecular complexity index is 1240. The maximum absolute atomic E-state index is 13.6. The van der Waals surface area contributed by atoms with Crippen LogP contribution in [0.4, 0.5) is 39.5 Å². The van der Waals surface area contributed by atoms with Crippen LogP contribution >= 0.6 is 0 Å². The van der Waals surface area contributed by atoms with Crippen LogP contribution < -0.4 is 9.47 Å². The van der Waals surface area contributed by atoms with Crippen LogP contribution in [0.3, 0.4) is 0 Å². The quantitative estimate of drug-likeness (QED) is 0.0645. The summed E-state index contributed by atoms with van der Waals surface area (Å²) in [5.74, 6) is -17.3. The SMILES string of the molecule is CC(C)([SiH2]CCCCCCCCOc1cnc(-c2ccc(OCCCCCCC(F)(F)C(F)(F)C(F)(F)C(F)(F)F)cc2)nc1)[Si](C)(C)C. The summed E-state index contributed by atoms with van der Waals surface area (Å²) < 4.78 is 128. The van der Waals surface area contributed by atoms with E-state index in [9.17, 15) is 39.5 Å². The molecule has 0 bridgehead atoms. The van der Waals surface area contributed by atoms with Gasteiger partial charge in [-0.1, -0.05) is 84.5 Å². The number of hydrogen-bond acceptors (Lipinski definition) is 4. The van der Waals surface area contributed by atoms with E-state index < -0.39 is 44.9 Å². The van der Waals surface area contributed by atoms with E-state index in [4.69, 9.17) is 9.47 Å². The Kier molecular flexibility index (Phi) is 16.0. The van der Waals surface area contributed by atoms with Crippen molar-refractivity contribution >= 4 is 17.6 Å². The van der Waals surface area contributed by atoms with Crippen LogP contribution in [0.15, 0.2) is 36.7 Å². The molecule has 0 spiro atoms. The molecule has 1 aromatic carbocycles. The molecule has 0 radical (unpaired) electrons. The fourth-order valence-electron chi connectivity index (χ4n) is 4.92. The first-order chi connectivity index (χ1) is 22.6. The zero-order valence-electron chi connectivity index (χ0n) is 29.2. The molecule has 2 rings (SSSR count). The second-order valence-electron chi connectivity index (χ2n) is 14.3. The summed E-state index contributed by atoms with van der Waals surface area (Å²) >= 11 is 0. The highest BCUT2D eigenvalue weighted by Gasteiger charge is 2.81. The molecule has 0 atom stereocenters. The maximum atomic E-state index is 13.6. The first-order valence-corrected chi connectivity index (χ1v) is 22.2. The molecule has 0 saturated carbocycles. The molecule has 0 fully saturated rings. The molecular weight excluding hydrogens is 696 g/mol. The van der Waals surface area contributed by atoms with Crippen LogP contribution in [0.25, 0.3) is 11.4 Å². The molecule has 1 heterocycles. The Hall–Kier alpha value is -2.30. The van der Waals surface area contributed by atoms with Crippen molar-refractivity contribution in [1.29, 1.82) is 0 Å². The van der Waals surface area contributed by atoms with E-state index in [-0.39, 0.29) is 29.0 Å². The smallest absolute Gasteiger partial charge is 0.460 e. The zero-order chi connectivity index (χ0) is 37.0. The summed E-state index contributed by atoms with van der Waals surface area (Å²) in [5, 5.41) is 0. The molecule has 15 heteroatoms. The highest BCUT2D eigenvalue weighted by molar-refractivity contribution is 6.87. The summed E-state index contributed by atoms with van der Waals surface area (Å²) in [6, 6.07) is 8.31. The molecule has 0 aliphatic carbocycles. The summed E-state index contributed by atoms with van der Waals surface area (Å²) in [6.45, 7) is 13.2. The van der Waals surface area contributed by atoms with Gasteiger partial charge in [-0.2, -0.15) is 39.5 Å². The number of nitrogens with zero attached hydrogens (tertiary/aromatic N) is 2. The third-order valence-electron chi connectivity index (χ3n) is 9.35. The fraction of sp³-hybridized carbons (Fsp3) is 0.706. The summed E-state index contributed by atoms with van der Waals surface area (Å²) in [5.41, 5.74) is 0.736. The van der Waals surface area contributed by atoms with Gasteiger partial charge in [-0.05, 0) is 48.2 Å². The highest BCUT2D eigenvalue weighted by atomic mass is 28.4. The predicted molar refractivity (Wildman–Crippen MR) is 181 cm³/mol. The highest BCUT2D eigenvalue weighted by Crippen LogP contribution is 2.54. The van der Waals surface area contributed by atoms with Gasteiger partial charge in [0.2, 0.25) is 0 Å². The Morgan fingerprint density at radius 1 is 0.612 bits per heavy atom. The number of benzene rings is 1. The van der Waals surface area contributed by atoms with Gasteiger partial charge < -0.3 is 9.47 Å². The topological polar surface area (TPSA) is 44.2 Å². The van der Waals surface area contributed by atoms with Gasteiger partial charge >= 0.3 is 23.9 Å². The molecule has 0 saturated heterocycles. The molecule has 0 aliphatic rings. The summed E-state index contributed by atoms with van der Waals surface area (Å²) in [4.78, 5) is 8.72. The Labute approximate surface area is 287 Å². The van der Waals surface area contributed by atoms with Crippen molar-refractivity contribution in [3.05, 3.63) is 36.7 Å². The third-order valence-corrected chi connectivity index (χ3v) is 19.4. The van der Waals surface area contributed by atoms with Crippen molar-refractivity contribution in [1.82, 2.24) is 9.97 Å². The molecule has 0 amide bonds. The van der Waals surface area contributed by atoms with Crippen molar-refractivity contribution in [2.45, 2.75) is 139 Å². The second-order valence-corrected chi connectivity index (χ2v) is 23.9. The lowest BCUT2D eigenvalue weighted by molar-refractivity contribution is -0.396. The van der Waals surface area contributed by atoms with Gasteiger partial charge in [-0.15, -0.1) is 0 Å². The number of aromatic nitrogens is 2. The van der Waals surface area contributed by atoms with Crippen molar-refractivity contribution in [2.75, 3.05) is 13.2 Å². The van der Waals surface area contributed by atoms with Crippen molar-refractivity contribution in [3.8, 4) is 22.9 Å². The van der Waals surface area contributed by atoms with E-state index in [1.165, 1.54) is 31.7 Å².